The monoisotopic (exact) mass is 619 g/mol. The molecular weight excluding hydrogens is 586 g/mol. The van der Waals surface area contributed by atoms with Crippen molar-refractivity contribution in [3.63, 3.8) is 0 Å². The first-order chi connectivity index (χ1) is 21.8. The van der Waals surface area contributed by atoms with Crippen molar-refractivity contribution in [1.29, 1.82) is 0 Å². The average Bonchev–Trinajstić information content (AvgIpc) is 3.34. The molecule has 0 radical (unpaired) electrons. The van der Waals surface area contributed by atoms with E-state index in [1.807, 2.05) is 18.2 Å². The van der Waals surface area contributed by atoms with Crippen molar-refractivity contribution in [2.75, 3.05) is 17.2 Å². The highest BCUT2D eigenvalue weighted by Gasteiger charge is 2.30. The van der Waals surface area contributed by atoms with E-state index in [-0.39, 0.29) is 17.5 Å². The average molecular weight is 620 g/mol. The molecule has 0 saturated carbocycles. The van der Waals surface area contributed by atoms with Crippen LogP contribution in [0.2, 0.25) is 0 Å². The fraction of sp³-hybridized carbons (Fsp3) is 0.222. The third-order valence-corrected chi connectivity index (χ3v) is 9.36. The predicted octanol–water partition coefficient (Wildman–Crippen LogP) is 8.96. The Morgan fingerprint density at radius 3 is 2.53 bits per heavy atom. The predicted molar refractivity (Wildman–Crippen MR) is 177 cm³/mol. The van der Waals surface area contributed by atoms with Crippen LogP contribution in [0.5, 0.6) is 11.5 Å². The minimum absolute atomic E-state index is 0.0120. The molecule has 0 amide bonds. The van der Waals surface area contributed by atoms with Crippen LogP contribution in [-0.2, 0) is 10.1 Å². The highest BCUT2D eigenvalue weighted by Crippen LogP contribution is 2.46. The highest BCUT2D eigenvalue weighted by molar-refractivity contribution is 7.85. The summed E-state index contributed by atoms with van der Waals surface area (Å²) in [5, 5.41) is 20.6. The molecule has 4 aromatic rings. The van der Waals surface area contributed by atoms with Crippen LogP contribution in [0, 0.1) is 0 Å². The fourth-order valence-electron chi connectivity index (χ4n) is 6.45. The molecule has 45 heavy (non-hydrogen) atoms. The van der Waals surface area contributed by atoms with Gasteiger partial charge in [0.2, 0.25) is 0 Å². The summed E-state index contributed by atoms with van der Waals surface area (Å²) in [5.74, 6) is 1.58. The molecule has 0 saturated heterocycles. The van der Waals surface area contributed by atoms with Crippen LogP contribution in [0.1, 0.15) is 49.3 Å². The van der Waals surface area contributed by atoms with E-state index in [4.69, 9.17) is 4.74 Å². The van der Waals surface area contributed by atoms with Gasteiger partial charge in [-0.15, -0.1) is 0 Å². The second-order valence-corrected chi connectivity index (χ2v) is 13.2. The third kappa shape index (κ3) is 6.14. The lowest BCUT2D eigenvalue weighted by molar-refractivity contribution is 0.410. The number of nitrogens with zero attached hydrogens (tertiary/aromatic N) is 3. The maximum Gasteiger partial charge on any atom is 0.264 e. The molecule has 228 valence electrons. The van der Waals surface area contributed by atoms with Gasteiger partial charge in [0, 0.05) is 29.2 Å². The summed E-state index contributed by atoms with van der Waals surface area (Å²) in [7, 11) is -3.98. The Balaban J connectivity index is 1.17. The van der Waals surface area contributed by atoms with E-state index in [1.165, 1.54) is 21.9 Å². The fourth-order valence-corrected chi connectivity index (χ4v) is 7.02. The maximum absolute atomic E-state index is 11.3. The van der Waals surface area contributed by atoms with Crippen LogP contribution in [0.15, 0.2) is 118 Å². The van der Waals surface area contributed by atoms with Gasteiger partial charge in [-0.3, -0.25) is 4.55 Å². The lowest BCUT2D eigenvalue weighted by Crippen LogP contribution is -2.25. The molecule has 0 bridgehead atoms. The number of hydrogen-bond donors (Lipinski definition) is 2. The number of ether oxygens (including phenoxy) is 1. The zero-order valence-corrected chi connectivity index (χ0v) is 25.5. The molecule has 2 N–H and O–H groups in total. The zero-order valence-electron chi connectivity index (χ0n) is 24.6. The zero-order chi connectivity index (χ0) is 31.0. The molecule has 1 atom stereocenters. The van der Waals surface area contributed by atoms with Gasteiger partial charge in [0.05, 0.1) is 23.2 Å². The van der Waals surface area contributed by atoms with Crippen LogP contribution < -0.4 is 9.64 Å². The molecular formula is C36H33N3O5S. The Morgan fingerprint density at radius 1 is 0.933 bits per heavy atom. The molecule has 1 aliphatic carbocycles. The molecule has 3 aliphatic rings. The first-order valence-electron chi connectivity index (χ1n) is 15.2. The van der Waals surface area contributed by atoms with E-state index >= 15 is 0 Å². The van der Waals surface area contributed by atoms with Gasteiger partial charge >= 0.3 is 0 Å². The van der Waals surface area contributed by atoms with Gasteiger partial charge in [0.1, 0.15) is 17.3 Å². The molecule has 4 aromatic carbocycles. The summed E-state index contributed by atoms with van der Waals surface area (Å²) < 4.78 is 38.4. The van der Waals surface area contributed by atoms with Gasteiger partial charge in [0.15, 0.2) is 0 Å². The van der Waals surface area contributed by atoms with Crippen molar-refractivity contribution in [2.24, 2.45) is 10.2 Å². The van der Waals surface area contributed by atoms with E-state index in [2.05, 4.69) is 69.8 Å². The molecule has 2 heterocycles. The number of unbranched alkanes of at least 4 members (excludes halogenated alkanes) is 1. The Labute approximate surface area is 262 Å². The molecule has 2 aliphatic heterocycles. The lowest BCUT2D eigenvalue weighted by Gasteiger charge is -2.28. The van der Waals surface area contributed by atoms with Crippen LogP contribution in [0.4, 0.5) is 17.1 Å². The van der Waals surface area contributed by atoms with Gasteiger partial charge in [-0.2, -0.15) is 18.6 Å². The molecule has 8 nitrogen and oxygen atoms in total. The molecule has 0 spiro atoms. The van der Waals surface area contributed by atoms with E-state index < -0.39 is 10.1 Å². The molecule has 0 aromatic heterocycles. The molecule has 9 heteroatoms. The molecule has 1 unspecified atom stereocenters. The summed E-state index contributed by atoms with van der Waals surface area (Å²) in [4.78, 5) is 2.34. The third-order valence-electron chi connectivity index (χ3n) is 8.55. The Bertz CT molecular complexity index is 2010. The van der Waals surface area contributed by atoms with Crippen LogP contribution in [0.25, 0.3) is 16.8 Å². The Kier molecular flexibility index (Phi) is 7.73. The van der Waals surface area contributed by atoms with E-state index in [0.29, 0.717) is 30.8 Å². The number of rotatable bonds is 9. The van der Waals surface area contributed by atoms with Gasteiger partial charge in [-0.1, -0.05) is 42.5 Å². The summed E-state index contributed by atoms with van der Waals surface area (Å²) in [6.07, 6.45) is 10.6. The summed E-state index contributed by atoms with van der Waals surface area (Å²) in [6.45, 7) is 0.667. The lowest BCUT2D eigenvalue weighted by atomic mass is 9.89. The Morgan fingerprint density at radius 2 is 1.71 bits per heavy atom. The summed E-state index contributed by atoms with van der Waals surface area (Å²) in [6, 6.07) is 25.1. The van der Waals surface area contributed by atoms with Crippen molar-refractivity contribution in [3.8, 4) is 11.5 Å². The molecule has 7 rings (SSSR count). The second-order valence-electron chi connectivity index (χ2n) is 11.6. The van der Waals surface area contributed by atoms with Gasteiger partial charge in [-0.25, -0.2) is 0 Å². The smallest absolute Gasteiger partial charge is 0.264 e. The number of aromatic hydroxyl groups is 1. The number of anilines is 1. The van der Waals surface area contributed by atoms with Crippen molar-refractivity contribution < 1.29 is 22.8 Å². The van der Waals surface area contributed by atoms with Gasteiger partial charge < -0.3 is 14.7 Å². The minimum Gasteiger partial charge on any atom is -0.508 e. The number of phenols is 1. The largest absolute Gasteiger partial charge is 0.508 e. The van der Waals surface area contributed by atoms with Crippen molar-refractivity contribution in [3.05, 3.63) is 119 Å². The summed E-state index contributed by atoms with van der Waals surface area (Å²) >= 11 is 0. The number of phenolic OH excluding ortho intramolecular Hbond substituents is 1. The second kappa shape index (κ2) is 12.0. The number of fused-ring (bicyclic) bond motifs is 2. The first kappa shape index (κ1) is 29.0. The van der Waals surface area contributed by atoms with Crippen LogP contribution in [0.3, 0.4) is 0 Å². The minimum atomic E-state index is -3.98. The molecule has 0 fully saturated rings. The van der Waals surface area contributed by atoms with Crippen molar-refractivity contribution >= 4 is 44.0 Å². The standard InChI is InChI=1S/C36H33N3O5S/c40-30-17-15-28(16-18-30)37-38-29-14-12-26-22-27-9-3-8-25(36(27)44-34(26)23-29)13-19-32-31-10-4-6-24-7-5-11-33(35(24)31)39(32)20-1-2-21-45(41,42)43/h4-7,10-19,22-23,32,40H,1-3,8-9,20-21H2,(H,41,42,43)/b19-13+,38-37+. The van der Waals surface area contributed by atoms with Gasteiger partial charge in [-0.05, 0) is 103 Å². The van der Waals surface area contributed by atoms with E-state index in [9.17, 15) is 18.1 Å². The normalized spacial score (nSPS) is 17.6. The first-order valence-corrected chi connectivity index (χ1v) is 16.8. The maximum atomic E-state index is 11.3. The number of azo groups is 1. The SMILES string of the molecule is O=S(=O)(O)CCCCN1c2cccc3cccc(c23)C1/C=C/C1=C2Oc3cc(/N=N/c4ccc(O)cc4)ccc3C=C2CCC1. The highest BCUT2D eigenvalue weighted by atomic mass is 32.2. The van der Waals surface area contributed by atoms with E-state index in [0.717, 1.165) is 47.6 Å². The van der Waals surface area contributed by atoms with Crippen molar-refractivity contribution in [2.45, 2.75) is 38.1 Å². The Hall–Kier alpha value is -4.73. The number of hydrogen-bond acceptors (Lipinski definition) is 7. The van der Waals surface area contributed by atoms with Gasteiger partial charge in [0.25, 0.3) is 10.1 Å². The quantitative estimate of drug-likeness (QED) is 0.110. The van der Waals surface area contributed by atoms with Crippen molar-refractivity contribution in [1.82, 2.24) is 0 Å². The number of benzene rings is 4. The topological polar surface area (TPSA) is 112 Å². The van der Waals surface area contributed by atoms with Crippen LogP contribution in [-0.4, -0.2) is 30.4 Å². The van der Waals surface area contributed by atoms with Crippen LogP contribution >= 0.6 is 0 Å². The number of allylic oxidation sites excluding steroid dienone is 3. The van der Waals surface area contributed by atoms with E-state index in [1.54, 1.807) is 24.3 Å². The summed E-state index contributed by atoms with van der Waals surface area (Å²) in [5.41, 5.74) is 7.03.